The van der Waals surface area contributed by atoms with Crippen molar-refractivity contribution >= 4 is 5.90 Å². The summed E-state index contributed by atoms with van der Waals surface area (Å²) in [5, 5.41) is 9.46. The largest absolute Gasteiger partial charge is 0.475 e. The van der Waals surface area contributed by atoms with E-state index in [1.807, 2.05) is 0 Å². The fourth-order valence-corrected chi connectivity index (χ4v) is 2.00. The molecule has 2 aliphatic rings. The van der Waals surface area contributed by atoms with Crippen LogP contribution >= 0.6 is 0 Å². The van der Waals surface area contributed by atoms with E-state index >= 15 is 0 Å². The van der Waals surface area contributed by atoms with Crippen molar-refractivity contribution in [1.82, 2.24) is 0 Å². The molecule has 0 saturated heterocycles. The molecule has 3 atom stereocenters. The highest BCUT2D eigenvalue weighted by molar-refractivity contribution is 5.80. The number of nitrogens with zero attached hydrogens (tertiary/aromatic N) is 1. The Kier molecular flexibility index (Phi) is 2.28. The maximum atomic E-state index is 9.46. The SMILES string of the molecule is CC(C)C1=NC2CC(O)CCC2O1. The van der Waals surface area contributed by atoms with Crippen molar-refractivity contribution in [3.05, 3.63) is 0 Å². The molecule has 3 unspecified atom stereocenters. The predicted molar refractivity (Wildman–Crippen MR) is 50.8 cm³/mol. The molecule has 1 fully saturated rings. The van der Waals surface area contributed by atoms with Gasteiger partial charge < -0.3 is 9.84 Å². The summed E-state index contributed by atoms with van der Waals surface area (Å²) in [7, 11) is 0. The van der Waals surface area contributed by atoms with Crippen LogP contribution in [0.4, 0.5) is 0 Å². The summed E-state index contributed by atoms with van der Waals surface area (Å²) in [5.74, 6) is 1.26. The van der Waals surface area contributed by atoms with Crippen molar-refractivity contribution in [2.24, 2.45) is 10.9 Å². The van der Waals surface area contributed by atoms with E-state index in [-0.39, 0.29) is 18.2 Å². The Labute approximate surface area is 78.8 Å². The second-order valence-electron chi connectivity index (χ2n) is 4.31. The van der Waals surface area contributed by atoms with Crippen LogP contribution in [0, 0.1) is 5.92 Å². The molecule has 0 spiro atoms. The molecule has 0 bridgehead atoms. The zero-order chi connectivity index (χ0) is 9.42. The lowest BCUT2D eigenvalue weighted by molar-refractivity contribution is 0.0604. The highest BCUT2D eigenvalue weighted by Crippen LogP contribution is 2.30. The average Bonchev–Trinajstić information content (AvgIpc) is 2.46. The Balaban J connectivity index is 2.04. The van der Waals surface area contributed by atoms with Crippen molar-refractivity contribution in [2.75, 3.05) is 0 Å². The molecule has 0 aromatic carbocycles. The van der Waals surface area contributed by atoms with Gasteiger partial charge in [0, 0.05) is 5.92 Å². The minimum Gasteiger partial charge on any atom is -0.475 e. The van der Waals surface area contributed by atoms with Gasteiger partial charge >= 0.3 is 0 Å². The number of aliphatic imine (C=N–C) groups is 1. The van der Waals surface area contributed by atoms with Crippen LogP contribution in [-0.4, -0.2) is 29.3 Å². The minimum atomic E-state index is -0.167. The van der Waals surface area contributed by atoms with E-state index in [9.17, 15) is 5.11 Å². The van der Waals surface area contributed by atoms with Gasteiger partial charge in [0.1, 0.15) is 6.10 Å². The molecule has 1 aliphatic heterocycles. The van der Waals surface area contributed by atoms with Crippen molar-refractivity contribution in [1.29, 1.82) is 0 Å². The molecule has 74 valence electrons. The van der Waals surface area contributed by atoms with Gasteiger partial charge in [-0.1, -0.05) is 13.8 Å². The van der Waals surface area contributed by atoms with E-state index in [1.54, 1.807) is 0 Å². The number of hydrogen-bond acceptors (Lipinski definition) is 3. The van der Waals surface area contributed by atoms with Crippen LogP contribution in [0.15, 0.2) is 4.99 Å². The molecule has 0 aromatic heterocycles. The molecular weight excluding hydrogens is 166 g/mol. The van der Waals surface area contributed by atoms with Gasteiger partial charge in [0.2, 0.25) is 0 Å². The maximum Gasteiger partial charge on any atom is 0.186 e. The number of aliphatic hydroxyl groups is 1. The van der Waals surface area contributed by atoms with E-state index in [4.69, 9.17) is 4.74 Å². The second-order valence-corrected chi connectivity index (χ2v) is 4.31. The zero-order valence-corrected chi connectivity index (χ0v) is 8.23. The highest BCUT2D eigenvalue weighted by Gasteiger charge is 2.36. The molecule has 3 nitrogen and oxygen atoms in total. The summed E-state index contributed by atoms with van der Waals surface area (Å²) in [6.45, 7) is 4.18. The molecule has 0 amide bonds. The summed E-state index contributed by atoms with van der Waals surface area (Å²) in [5.41, 5.74) is 0. The van der Waals surface area contributed by atoms with E-state index in [0.717, 1.165) is 25.2 Å². The van der Waals surface area contributed by atoms with Gasteiger partial charge in [-0.3, -0.25) is 0 Å². The van der Waals surface area contributed by atoms with Gasteiger partial charge in [0.05, 0.1) is 12.1 Å². The second kappa shape index (κ2) is 3.29. The summed E-state index contributed by atoms with van der Waals surface area (Å²) >= 11 is 0. The zero-order valence-electron chi connectivity index (χ0n) is 8.23. The standard InChI is InChI=1S/C10H17NO2/c1-6(2)10-11-8-5-7(12)3-4-9(8)13-10/h6-9,12H,3-5H2,1-2H3. The monoisotopic (exact) mass is 183 g/mol. The fourth-order valence-electron chi connectivity index (χ4n) is 2.00. The lowest BCUT2D eigenvalue weighted by atomic mass is 9.91. The third kappa shape index (κ3) is 1.70. The third-order valence-corrected chi connectivity index (χ3v) is 2.79. The van der Waals surface area contributed by atoms with E-state index in [2.05, 4.69) is 18.8 Å². The molecule has 2 rings (SSSR count). The highest BCUT2D eigenvalue weighted by atomic mass is 16.5. The van der Waals surface area contributed by atoms with E-state index < -0.39 is 0 Å². The minimum absolute atomic E-state index is 0.167. The van der Waals surface area contributed by atoms with Crippen LogP contribution in [0.25, 0.3) is 0 Å². The van der Waals surface area contributed by atoms with Gasteiger partial charge in [-0.25, -0.2) is 4.99 Å². The molecular formula is C10H17NO2. The number of rotatable bonds is 1. The Morgan fingerprint density at radius 2 is 2.23 bits per heavy atom. The molecule has 1 aliphatic carbocycles. The Morgan fingerprint density at radius 1 is 1.46 bits per heavy atom. The number of ether oxygens (including phenoxy) is 1. The smallest absolute Gasteiger partial charge is 0.186 e. The summed E-state index contributed by atoms with van der Waals surface area (Å²) < 4.78 is 5.71. The molecule has 1 saturated carbocycles. The van der Waals surface area contributed by atoms with Crippen LogP contribution in [-0.2, 0) is 4.74 Å². The van der Waals surface area contributed by atoms with Gasteiger partial charge in [0.25, 0.3) is 0 Å². The first-order chi connectivity index (χ1) is 6.16. The van der Waals surface area contributed by atoms with Crippen molar-refractivity contribution in [3.63, 3.8) is 0 Å². The van der Waals surface area contributed by atoms with Gasteiger partial charge in [0.15, 0.2) is 5.90 Å². The quantitative estimate of drug-likeness (QED) is 0.666. The summed E-state index contributed by atoms with van der Waals surface area (Å²) in [6.07, 6.45) is 2.68. The van der Waals surface area contributed by atoms with E-state index in [0.29, 0.717) is 5.92 Å². The Bertz CT molecular complexity index is 225. The fraction of sp³-hybridized carbons (Fsp3) is 0.900. The van der Waals surface area contributed by atoms with E-state index in [1.165, 1.54) is 0 Å². The Hall–Kier alpha value is -0.570. The van der Waals surface area contributed by atoms with Crippen LogP contribution in [0.2, 0.25) is 0 Å². The predicted octanol–water partition coefficient (Wildman–Crippen LogP) is 1.35. The van der Waals surface area contributed by atoms with Crippen LogP contribution in [0.3, 0.4) is 0 Å². The van der Waals surface area contributed by atoms with Gasteiger partial charge in [-0.15, -0.1) is 0 Å². The topological polar surface area (TPSA) is 41.8 Å². The number of fused-ring (bicyclic) bond motifs is 1. The number of aliphatic hydroxyl groups excluding tert-OH is 1. The van der Waals surface area contributed by atoms with Crippen LogP contribution in [0.5, 0.6) is 0 Å². The Morgan fingerprint density at radius 3 is 2.92 bits per heavy atom. The number of hydrogen-bond donors (Lipinski definition) is 1. The summed E-state index contributed by atoms with van der Waals surface area (Å²) in [4.78, 5) is 4.49. The van der Waals surface area contributed by atoms with Crippen molar-refractivity contribution in [2.45, 2.75) is 51.4 Å². The normalized spacial score (nSPS) is 38.5. The van der Waals surface area contributed by atoms with Gasteiger partial charge in [-0.05, 0) is 19.3 Å². The van der Waals surface area contributed by atoms with Gasteiger partial charge in [-0.2, -0.15) is 0 Å². The first-order valence-electron chi connectivity index (χ1n) is 5.09. The molecule has 3 heteroatoms. The maximum absolute atomic E-state index is 9.46. The molecule has 1 N–H and O–H groups in total. The molecule has 1 heterocycles. The molecule has 0 aromatic rings. The lowest BCUT2D eigenvalue weighted by Crippen LogP contribution is -2.33. The molecule has 0 radical (unpaired) electrons. The lowest BCUT2D eigenvalue weighted by Gasteiger charge is -2.26. The van der Waals surface area contributed by atoms with Crippen molar-refractivity contribution in [3.8, 4) is 0 Å². The molecule has 13 heavy (non-hydrogen) atoms. The van der Waals surface area contributed by atoms with Crippen molar-refractivity contribution < 1.29 is 9.84 Å². The first kappa shape index (κ1) is 9.00. The average molecular weight is 183 g/mol. The summed E-state index contributed by atoms with van der Waals surface area (Å²) in [6, 6.07) is 0.223. The third-order valence-electron chi connectivity index (χ3n) is 2.79. The van der Waals surface area contributed by atoms with Crippen LogP contribution < -0.4 is 0 Å². The first-order valence-corrected chi connectivity index (χ1v) is 5.09. The van der Waals surface area contributed by atoms with Crippen LogP contribution in [0.1, 0.15) is 33.1 Å².